The largest absolute Gasteiger partial charge is 0.379 e. The van der Waals surface area contributed by atoms with E-state index in [1.807, 2.05) is 32.9 Å². The van der Waals surface area contributed by atoms with Crippen LogP contribution in [-0.2, 0) is 14.8 Å². The number of nitrogens with one attached hydrogen (secondary N) is 1. The summed E-state index contributed by atoms with van der Waals surface area (Å²) < 4.78 is 32.3. The van der Waals surface area contributed by atoms with Gasteiger partial charge < -0.3 is 10.1 Å². The lowest BCUT2D eigenvalue weighted by Gasteiger charge is -2.26. The molecule has 1 aliphatic rings. The molecule has 1 amide bonds. The summed E-state index contributed by atoms with van der Waals surface area (Å²) in [6.07, 6.45) is 0. The Labute approximate surface area is 160 Å². The van der Waals surface area contributed by atoms with Crippen molar-refractivity contribution in [2.75, 3.05) is 31.6 Å². The Balaban J connectivity index is 1.87. The number of carbonyl (C=O) groups is 1. The highest BCUT2D eigenvalue weighted by atomic mass is 32.2. The predicted octanol–water partition coefficient (Wildman–Crippen LogP) is 2.89. The van der Waals surface area contributed by atoms with Gasteiger partial charge in [0.2, 0.25) is 10.0 Å². The van der Waals surface area contributed by atoms with Crippen molar-refractivity contribution < 1.29 is 17.9 Å². The zero-order valence-electron chi connectivity index (χ0n) is 15.8. The van der Waals surface area contributed by atoms with Crippen molar-refractivity contribution in [2.45, 2.75) is 25.7 Å². The summed E-state index contributed by atoms with van der Waals surface area (Å²) in [6.45, 7) is 7.22. The first kappa shape index (κ1) is 19.5. The lowest BCUT2D eigenvalue weighted by molar-refractivity contribution is 0.0730. The fourth-order valence-electron chi connectivity index (χ4n) is 2.91. The second-order valence-corrected chi connectivity index (χ2v) is 8.68. The molecule has 0 spiro atoms. The van der Waals surface area contributed by atoms with Crippen LogP contribution in [-0.4, -0.2) is 44.9 Å². The van der Waals surface area contributed by atoms with E-state index in [1.54, 1.807) is 18.2 Å². The van der Waals surface area contributed by atoms with E-state index in [0.29, 0.717) is 37.6 Å². The Morgan fingerprint density at radius 3 is 2.30 bits per heavy atom. The van der Waals surface area contributed by atoms with Crippen LogP contribution < -0.4 is 5.32 Å². The molecule has 1 aliphatic heterocycles. The molecular weight excluding hydrogens is 364 g/mol. The Kier molecular flexibility index (Phi) is 5.64. The Morgan fingerprint density at radius 1 is 0.963 bits per heavy atom. The van der Waals surface area contributed by atoms with E-state index in [2.05, 4.69) is 5.32 Å². The smallest absolute Gasteiger partial charge is 0.255 e. The second kappa shape index (κ2) is 7.80. The van der Waals surface area contributed by atoms with E-state index in [4.69, 9.17) is 4.74 Å². The van der Waals surface area contributed by atoms with Gasteiger partial charge in [-0.3, -0.25) is 4.79 Å². The number of hydrogen-bond acceptors (Lipinski definition) is 4. The van der Waals surface area contributed by atoms with Crippen molar-refractivity contribution in [2.24, 2.45) is 0 Å². The van der Waals surface area contributed by atoms with E-state index in [9.17, 15) is 13.2 Å². The van der Waals surface area contributed by atoms with E-state index >= 15 is 0 Å². The van der Waals surface area contributed by atoms with Crippen molar-refractivity contribution >= 4 is 21.6 Å². The first-order chi connectivity index (χ1) is 12.8. The molecule has 27 heavy (non-hydrogen) atoms. The molecule has 0 atom stereocenters. The third-order valence-corrected chi connectivity index (χ3v) is 6.73. The number of benzene rings is 2. The number of sulfonamides is 1. The molecule has 2 aromatic rings. The number of hydrogen-bond donors (Lipinski definition) is 1. The molecule has 3 rings (SSSR count). The first-order valence-corrected chi connectivity index (χ1v) is 10.3. The zero-order valence-corrected chi connectivity index (χ0v) is 16.6. The van der Waals surface area contributed by atoms with Gasteiger partial charge in [0.25, 0.3) is 5.91 Å². The third-order valence-electron chi connectivity index (χ3n) is 4.83. The lowest BCUT2D eigenvalue weighted by Crippen LogP contribution is -2.40. The average Bonchev–Trinajstić information content (AvgIpc) is 2.66. The SMILES string of the molecule is Cc1ccc(C(=O)Nc2cc(S(=O)(=O)N3CCOCC3)ccc2C)cc1C. The van der Waals surface area contributed by atoms with Crippen LogP contribution in [0.15, 0.2) is 41.3 Å². The fraction of sp³-hybridized carbons (Fsp3) is 0.350. The van der Waals surface area contributed by atoms with Gasteiger partial charge in [-0.25, -0.2) is 8.42 Å². The van der Waals surface area contributed by atoms with Gasteiger partial charge in [0.15, 0.2) is 0 Å². The Morgan fingerprint density at radius 2 is 1.63 bits per heavy atom. The standard InChI is InChI=1S/C20H24N2O4S/c1-14-4-6-17(12-16(14)3)20(23)21-19-13-18(7-5-15(19)2)27(24,25)22-8-10-26-11-9-22/h4-7,12-13H,8-11H2,1-3H3,(H,21,23). The number of morpholine rings is 1. The predicted molar refractivity (Wildman–Crippen MR) is 105 cm³/mol. The Bertz CT molecular complexity index is 964. The van der Waals surface area contributed by atoms with E-state index in [1.165, 1.54) is 10.4 Å². The van der Waals surface area contributed by atoms with Gasteiger partial charge in [-0.05, 0) is 61.7 Å². The van der Waals surface area contributed by atoms with Gasteiger partial charge in [0, 0.05) is 24.3 Å². The summed E-state index contributed by atoms with van der Waals surface area (Å²) in [7, 11) is -3.61. The maximum absolute atomic E-state index is 12.8. The highest BCUT2D eigenvalue weighted by Crippen LogP contribution is 2.24. The number of carbonyl (C=O) groups excluding carboxylic acids is 1. The van der Waals surface area contributed by atoms with Gasteiger partial charge in [0.05, 0.1) is 18.1 Å². The lowest BCUT2D eigenvalue weighted by atomic mass is 10.1. The summed E-state index contributed by atoms with van der Waals surface area (Å²) in [5, 5.41) is 2.84. The van der Waals surface area contributed by atoms with Crippen LogP contribution in [0.1, 0.15) is 27.0 Å². The number of aryl methyl sites for hydroxylation is 3. The molecular formula is C20H24N2O4S. The molecule has 0 aliphatic carbocycles. The van der Waals surface area contributed by atoms with Gasteiger partial charge in [0.1, 0.15) is 0 Å². The van der Waals surface area contributed by atoms with Crippen LogP contribution in [0.25, 0.3) is 0 Å². The first-order valence-electron chi connectivity index (χ1n) is 8.86. The molecule has 1 heterocycles. The van der Waals surface area contributed by atoms with Crippen LogP contribution in [0.3, 0.4) is 0 Å². The summed E-state index contributed by atoms with van der Waals surface area (Å²) in [4.78, 5) is 12.8. The van der Waals surface area contributed by atoms with E-state index in [0.717, 1.165) is 16.7 Å². The number of ether oxygens (including phenoxy) is 1. The molecule has 2 aromatic carbocycles. The normalized spacial score (nSPS) is 15.5. The van der Waals surface area contributed by atoms with Gasteiger partial charge in [-0.15, -0.1) is 0 Å². The van der Waals surface area contributed by atoms with E-state index < -0.39 is 10.0 Å². The molecule has 1 saturated heterocycles. The highest BCUT2D eigenvalue weighted by molar-refractivity contribution is 7.89. The maximum atomic E-state index is 12.8. The number of amides is 1. The quantitative estimate of drug-likeness (QED) is 0.874. The molecule has 0 saturated carbocycles. The third kappa shape index (κ3) is 4.21. The molecule has 1 fully saturated rings. The molecule has 6 nitrogen and oxygen atoms in total. The van der Waals surface area contributed by atoms with Crippen LogP contribution >= 0.6 is 0 Å². The van der Waals surface area contributed by atoms with Crippen molar-refractivity contribution in [1.29, 1.82) is 0 Å². The maximum Gasteiger partial charge on any atom is 0.255 e. The van der Waals surface area contributed by atoms with Gasteiger partial charge >= 0.3 is 0 Å². The van der Waals surface area contributed by atoms with Crippen molar-refractivity contribution in [3.8, 4) is 0 Å². The number of nitrogens with zero attached hydrogens (tertiary/aromatic N) is 1. The summed E-state index contributed by atoms with van der Waals surface area (Å²) in [5.74, 6) is -0.262. The van der Waals surface area contributed by atoms with Crippen molar-refractivity contribution in [3.05, 3.63) is 58.7 Å². The molecule has 0 radical (unpaired) electrons. The van der Waals surface area contributed by atoms with Gasteiger partial charge in [-0.1, -0.05) is 12.1 Å². The molecule has 1 N–H and O–H groups in total. The molecule has 0 bridgehead atoms. The Hall–Kier alpha value is -2.22. The molecule has 0 aromatic heterocycles. The minimum atomic E-state index is -3.61. The molecule has 7 heteroatoms. The molecule has 0 unspecified atom stereocenters. The summed E-state index contributed by atoms with van der Waals surface area (Å²) >= 11 is 0. The van der Waals surface area contributed by atoms with Crippen molar-refractivity contribution in [1.82, 2.24) is 4.31 Å². The van der Waals surface area contributed by atoms with Crippen LogP contribution in [0.2, 0.25) is 0 Å². The van der Waals surface area contributed by atoms with Crippen LogP contribution in [0.5, 0.6) is 0 Å². The van der Waals surface area contributed by atoms with E-state index in [-0.39, 0.29) is 10.8 Å². The van der Waals surface area contributed by atoms with Crippen molar-refractivity contribution in [3.63, 3.8) is 0 Å². The minimum Gasteiger partial charge on any atom is -0.379 e. The minimum absolute atomic E-state index is 0.172. The highest BCUT2D eigenvalue weighted by Gasteiger charge is 2.27. The second-order valence-electron chi connectivity index (χ2n) is 6.75. The summed E-state index contributed by atoms with van der Waals surface area (Å²) in [5.41, 5.74) is 3.98. The fourth-order valence-corrected chi connectivity index (χ4v) is 4.34. The molecule has 144 valence electrons. The van der Waals surface area contributed by atoms with Gasteiger partial charge in [-0.2, -0.15) is 4.31 Å². The summed E-state index contributed by atoms with van der Waals surface area (Å²) in [6, 6.07) is 10.3. The van der Waals surface area contributed by atoms with Crippen LogP contribution in [0, 0.1) is 20.8 Å². The number of anilines is 1. The average molecular weight is 388 g/mol. The van der Waals surface area contributed by atoms with Crippen LogP contribution in [0.4, 0.5) is 5.69 Å². The topological polar surface area (TPSA) is 75.7 Å². The number of rotatable bonds is 4. The zero-order chi connectivity index (χ0) is 19.6. The monoisotopic (exact) mass is 388 g/mol.